The van der Waals surface area contributed by atoms with Crippen molar-refractivity contribution >= 4 is 0 Å². The second-order valence-corrected chi connectivity index (χ2v) is 5.40. The zero-order valence-electron chi connectivity index (χ0n) is 10.7. The Kier molecular flexibility index (Phi) is 2.97. The Hall–Kier alpha value is -1.53. The molecule has 1 unspecified atom stereocenters. The van der Waals surface area contributed by atoms with Crippen LogP contribution in [-0.2, 0) is 0 Å². The molecule has 3 heteroatoms. The van der Waals surface area contributed by atoms with E-state index in [-0.39, 0.29) is 0 Å². The van der Waals surface area contributed by atoms with E-state index in [0.717, 1.165) is 18.6 Å². The van der Waals surface area contributed by atoms with Crippen molar-refractivity contribution in [2.24, 2.45) is 0 Å². The van der Waals surface area contributed by atoms with Gasteiger partial charge in [-0.3, -0.25) is 0 Å². The van der Waals surface area contributed by atoms with Crippen LogP contribution in [0, 0.1) is 11.3 Å². The van der Waals surface area contributed by atoms with Gasteiger partial charge in [0, 0.05) is 12.1 Å². The monoisotopic (exact) mass is 242 g/mol. The second-order valence-electron chi connectivity index (χ2n) is 5.40. The first kappa shape index (κ1) is 11.6. The average molecular weight is 242 g/mol. The third-order valence-electron chi connectivity index (χ3n) is 4.32. The van der Waals surface area contributed by atoms with Crippen LogP contribution in [-0.4, -0.2) is 30.1 Å². The molecule has 0 amide bonds. The predicted octanol–water partition coefficient (Wildman–Crippen LogP) is 2.56. The van der Waals surface area contributed by atoms with E-state index in [2.05, 4.69) is 18.0 Å². The Balaban J connectivity index is 1.69. The van der Waals surface area contributed by atoms with Gasteiger partial charge in [0.2, 0.25) is 0 Å². The Morgan fingerprint density at radius 2 is 2.00 bits per heavy atom. The Bertz CT molecular complexity index is 466. The van der Waals surface area contributed by atoms with Crippen molar-refractivity contribution in [3.63, 3.8) is 0 Å². The highest BCUT2D eigenvalue weighted by Crippen LogP contribution is 2.35. The number of nitriles is 1. The molecule has 0 aliphatic carbocycles. The molecule has 3 rings (SSSR count). The highest BCUT2D eigenvalue weighted by molar-refractivity contribution is 5.36. The first-order chi connectivity index (χ1) is 8.76. The minimum atomic E-state index is 0.313. The Labute approximate surface area is 108 Å². The van der Waals surface area contributed by atoms with E-state index in [4.69, 9.17) is 10.00 Å². The summed E-state index contributed by atoms with van der Waals surface area (Å²) in [6.07, 6.45) is 5.15. The van der Waals surface area contributed by atoms with Gasteiger partial charge < -0.3 is 9.64 Å². The number of fused-ring (bicyclic) bond motifs is 2. The largest absolute Gasteiger partial charge is 0.490 e. The Morgan fingerprint density at radius 3 is 2.67 bits per heavy atom. The fourth-order valence-electron chi connectivity index (χ4n) is 3.29. The summed E-state index contributed by atoms with van der Waals surface area (Å²) in [5.41, 5.74) is 0.670. The van der Waals surface area contributed by atoms with Crippen molar-refractivity contribution in [2.75, 3.05) is 7.05 Å². The van der Waals surface area contributed by atoms with Crippen LogP contribution in [0.5, 0.6) is 5.75 Å². The third kappa shape index (κ3) is 2.09. The summed E-state index contributed by atoms with van der Waals surface area (Å²) in [5, 5.41) is 8.88. The predicted molar refractivity (Wildman–Crippen MR) is 69.4 cm³/mol. The molecule has 2 aliphatic rings. The van der Waals surface area contributed by atoms with Crippen LogP contribution in [0.1, 0.15) is 31.2 Å². The second kappa shape index (κ2) is 4.62. The molecule has 0 spiro atoms. The first-order valence-corrected chi connectivity index (χ1v) is 6.65. The van der Waals surface area contributed by atoms with Gasteiger partial charge in [0.05, 0.1) is 11.6 Å². The Morgan fingerprint density at radius 1 is 1.28 bits per heavy atom. The van der Waals surface area contributed by atoms with Crippen molar-refractivity contribution in [1.82, 2.24) is 4.90 Å². The molecule has 2 saturated heterocycles. The lowest BCUT2D eigenvalue weighted by Crippen LogP contribution is -2.43. The lowest BCUT2D eigenvalue weighted by Gasteiger charge is -2.36. The average Bonchev–Trinajstić information content (AvgIpc) is 2.62. The SMILES string of the molecule is CN1[C@@H]2CC[C@H]1CC(Oc1cccc(C#N)c1)C2. The van der Waals surface area contributed by atoms with E-state index in [1.807, 2.05) is 24.3 Å². The number of ether oxygens (including phenoxy) is 1. The molecule has 0 radical (unpaired) electrons. The maximum Gasteiger partial charge on any atom is 0.121 e. The summed E-state index contributed by atoms with van der Waals surface area (Å²) in [6, 6.07) is 11.0. The number of rotatable bonds is 2. The summed E-state index contributed by atoms with van der Waals surface area (Å²) in [7, 11) is 2.23. The lowest BCUT2D eigenvalue weighted by molar-refractivity contribution is 0.0661. The topological polar surface area (TPSA) is 36.3 Å². The van der Waals surface area contributed by atoms with Crippen LogP contribution in [0.4, 0.5) is 0 Å². The van der Waals surface area contributed by atoms with Gasteiger partial charge in [-0.1, -0.05) is 6.07 Å². The smallest absolute Gasteiger partial charge is 0.121 e. The molecule has 0 aromatic heterocycles. The van der Waals surface area contributed by atoms with Gasteiger partial charge in [-0.05, 0) is 50.9 Å². The van der Waals surface area contributed by atoms with E-state index in [9.17, 15) is 0 Å². The number of nitrogens with zero attached hydrogens (tertiary/aromatic N) is 2. The maximum atomic E-state index is 8.88. The van der Waals surface area contributed by atoms with Crippen molar-refractivity contribution in [2.45, 2.75) is 43.9 Å². The summed E-state index contributed by atoms with van der Waals surface area (Å²) in [5.74, 6) is 0.836. The molecule has 2 bridgehead atoms. The quantitative estimate of drug-likeness (QED) is 0.799. The third-order valence-corrected chi connectivity index (χ3v) is 4.32. The van der Waals surface area contributed by atoms with Gasteiger partial charge in [-0.25, -0.2) is 0 Å². The van der Waals surface area contributed by atoms with Crippen LogP contribution in [0.25, 0.3) is 0 Å². The summed E-state index contributed by atoms with van der Waals surface area (Å²) in [6.45, 7) is 0. The number of hydrogen-bond acceptors (Lipinski definition) is 3. The van der Waals surface area contributed by atoms with Crippen LogP contribution < -0.4 is 4.74 Å². The maximum absolute atomic E-state index is 8.88. The molecule has 0 saturated carbocycles. The molecular formula is C15H18N2O. The number of hydrogen-bond donors (Lipinski definition) is 0. The van der Waals surface area contributed by atoms with Crippen molar-refractivity contribution < 1.29 is 4.74 Å². The van der Waals surface area contributed by atoms with Gasteiger partial charge in [0.15, 0.2) is 0 Å². The van der Waals surface area contributed by atoms with Crippen LogP contribution >= 0.6 is 0 Å². The summed E-state index contributed by atoms with van der Waals surface area (Å²) >= 11 is 0. The number of benzene rings is 1. The van der Waals surface area contributed by atoms with Gasteiger partial charge in [0.25, 0.3) is 0 Å². The van der Waals surface area contributed by atoms with Crippen LogP contribution in [0.2, 0.25) is 0 Å². The molecule has 2 aliphatic heterocycles. The lowest BCUT2D eigenvalue weighted by atomic mass is 10.0. The van der Waals surface area contributed by atoms with E-state index in [1.165, 1.54) is 12.8 Å². The molecule has 2 fully saturated rings. The molecule has 3 nitrogen and oxygen atoms in total. The van der Waals surface area contributed by atoms with Gasteiger partial charge in [0.1, 0.15) is 11.9 Å². The minimum Gasteiger partial charge on any atom is -0.490 e. The van der Waals surface area contributed by atoms with Crippen molar-refractivity contribution in [3.8, 4) is 11.8 Å². The standard InChI is InChI=1S/C15H18N2O/c1-17-12-5-6-13(17)9-15(8-12)18-14-4-2-3-11(7-14)10-16/h2-4,7,12-13,15H,5-6,8-9H2,1H3/t12-,13+,15?. The fraction of sp³-hybridized carbons (Fsp3) is 0.533. The van der Waals surface area contributed by atoms with E-state index < -0.39 is 0 Å². The zero-order valence-corrected chi connectivity index (χ0v) is 10.7. The van der Waals surface area contributed by atoms with Crippen LogP contribution in [0.3, 0.4) is 0 Å². The summed E-state index contributed by atoms with van der Waals surface area (Å²) < 4.78 is 6.05. The highest BCUT2D eigenvalue weighted by atomic mass is 16.5. The van der Waals surface area contributed by atoms with Crippen LogP contribution in [0.15, 0.2) is 24.3 Å². The molecule has 0 N–H and O–H groups in total. The molecule has 1 aromatic rings. The van der Waals surface area contributed by atoms with Gasteiger partial charge in [-0.15, -0.1) is 0 Å². The highest BCUT2D eigenvalue weighted by Gasteiger charge is 2.39. The minimum absolute atomic E-state index is 0.313. The van der Waals surface area contributed by atoms with E-state index in [0.29, 0.717) is 23.8 Å². The van der Waals surface area contributed by atoms with Crippen molar-refractivity contribution in [1.29, 1.82) is 5.26 Å². The first-order valence-electron chi connectivity index (χ1n) is 6.65. The summed E-state index contributed by atoms with van der Waals surface area (Å²) in [4.78, 5) is 2.51. The molecule has 3 atom stereocenters. The zero-order chi connectivity index (χ0) is 12.5. The van der Waals surface area contributed by atoms with Gasteiger partial charge >= 0.3 is 0 Å². The molecule has 94 valence electrons. The molecule has 18 heavy (non-hydrogen) atoms. The normalized spacial score (nSPS) is 31.0. The molecule has 2 heterocycles. The molecular weight excluding hydrogens is 224 g/mol. The van der Waals surface area contributed by atoms with Crippen molar-refractivity contribution in [3.05, 3.63) is 29.8 Å². The van der Waals surface area contributed by atoms with Gasteiger partial charge in [-0.2, -0.15) is 5.26 Å². The molecule has 1 aromatic carbocycles. The van der Waals surface area contributed by atoms with E-state index >= 15 is 0 Å². The number of piperidine rings is 1. The fourth-order valence-corrected chi connectivity index (χ4v) is 3.29. The van der Waals surface area contributed by atoms with E-state index in [1.54, 1.807) is 0 Å².